The van der Waals surface area contributed by atoms with Crippen LogP contribution in [0.4, 0.5) is 0 Å². The first-order chi connectivity index (χ1) is 7.13. The minimum absolute atomic E-state index is 0.140. The molecule has 0 spiro atoms. The van der Waals surface area contributed by atoms with E-state index in [0.29, 0.717) is 6.04 Å². The van der Waals surface area contributed by atoms with Gasteiger partial charge in [-0.05, 0) is 51.5 Å². The smallest absolute Gasteiger partial charge is 0.0611 e. The van der Waals surface area contributed by atoms with Gasteiger partial charge in [-0.25, -0.2) is 0 Å². The Kier molecular flexibility index (Phi) is 3.33. The zero-order valence-corrected chi connectivity index (χ0v) is 9.78. The Labute approximate surface area is 92.6 Å². The molecule has 0 radical (unpaired) electrons. The van der Waals surface area contributed by atoms with Crippen molar-refractivity contribution in [1.82, 2.24) is 4.90 Å². The lowest BCUT2D eigenvalue weighted by Crippen LogP contribution is -2.52. The highest BCUT2D eigenvalue weighted by Gasteiger charge is 2.35. The number of rotatable bonds is 4. The van der Waals surface area contributed by atoms with Crippen LogP contribution in [0.5, 0.6) is 0 Å². The maximum absolute atomic E-state index is 9.30. The lowest BCUT2D eigenvalue weighted by atomic mass is 9.80. The van der Waals surface area contributed by atoms with Gasteiger partial charge in [0.05, 0.1) is 6.61 Å². The minimum atomic E-state index is -0.305. The van der Waals surface area contributed by atoms with E-state index in [4.69, 9.17) is 5.73 Å². The molecule has 15 heavy (non-hydrogen) atoms. The molecule has 0 aromatic carbocycles. The fourth-order valence-corrected chi connectivity index (χ4v) is 2.74. The molecule has 0 saturated heterocycles. The summed E-state index contributed by atoms with van der Waals surface area (Å²) in [6.45, 7) is 1.37. The van der Waals surface area contributed by atoms with Crippen molar-refractivity contribution < 1.29 is 5.11 Å². The Hall–Kier alpha value is -0.120. The average Bonchev–Trinajstić information content (AvgIpc) is 3.02. The Bertz CT molecular complexity index is 218. The maximum atomic E-state index is 9.30. The summed E-state index contributed by atoms with van der Waals surface area (Å²) in [6, 6.07) is 0.594. The topological polar surface area (TPSA) is 49.5 Å². The number of aliphatic hydroxyl groups excluding tert-OH is 1. The quantitative estimate of drug-likeness (QED) is 0.730. The van der Waals surface area contributed by atoms with E-state index in [1.54, 1.807) is 0 Å². The van der Waals surface area contributed by atoms with Gasteiger partial charge in [0.25, 0.3) is 0 Å². The van der Waals surface area contributed by atoms with Gasteiger partial charge >= 0.3 is 0 Å². The third-order valence-corrected chi connectivity index (χ3v) is 4.04. The van der Waals surface area contributed by atoms with E-state index in [1.165, 1.54) is 25.8 Å². The molecule has 88 valence electrons. The van der Waals surface area contributed by atoms with Gasteiger partial charge in [-0.2, -0.15) is 0 Å². The van der Waals surface area contributed by atoms with Crippen LogP contribution in [-0.2, 0) is 0 Å². The molecule has 0 aromatic heterocycles. The van der Waals surface area contributed by atoms with E-state index in [-0.39, 0.29) is 12.1 Å². The molecule has 0 aliphatic heterocycles. The van der Waals surface area contributed by atoms with Crippen LogP contribution in [0.3, 0.4) is 0 Å². The van der Waals surface area contributed by atoms with E-state index in [0.717, 1.165) is 25.2 Å². The van der Waals surface area contributed by atoms with Gasteiger partial charge in [0.2, 0.25) is 0 Å². The standard InChI is InChI=1S/C12H24N2O/c1-14(8-10-4-5-10)11-3-2-6-12(13,7-11)9-15/h10-11,15H,2-9,13H2,1H3. The highest BCUT2D eigenvalue weighted by molar-refractivity contribution is 4.94. The lowest BCUT2D eigenvalue weighted by Gasteiger charge is -2.40. The van der Waals surface area contributed by atoms with Crippen LogP contribution < -0.4 is 5.73 Å². The van der Waals surface area contributed by atoms with Gasteiger partial charge < -0.3 is 15.7 Å². The van der Waals surface area contributed by atoms with Crippen LogP contribution in [0.1, 0.15) is 38.5 Å². The molecule has 0 amide bonds. The first-order valence-corrected chi connectivity index (χ1v) is 6.23. The molecule has 3 N–H and O–H groups in total. The highest BCUT2D eigenvalue weighted by Crippen LogP contribution is 2.33. The predicted molar refractivity (Wildman–Crippen MR) is 61.6 cm³/mol. The Morgan fingerprint density at radius 1 is 1.40 bits per heavy atom. The fraction of sp³-hybridized carbons (Fsp3) is 1.00. The lowest BCUT2D eigenvalue weighted by molar-refractivity contribution is 0.0925. The van der Waals surface area contributed by atoms with Crippen LogP contribution in [0, 0.1) is 5.92 Å². The molecule has 2 atom stereocenters. The Morgan fingerprint density at radius 2 is 2.13 bits per heavy atom. The van der Waals surface area contributed by atoms with Crippen molar-refractivity contribution in [2.45, 2.75) is 50.1 Å². The summed E-state index contributed by atoms with van der Waals surface area (Å²) < 4.78 is 0. The van der Waals surface area contributed by atoms with Gasteiger partial charge in [-0.15, -0.1) is 0 Å². The molecule has 2 aliphatic carbocycles. The molecule has 3 nitrogen and oxygen atoms in total. The summed E-state index contributed by atoms with van der Waals surface area (Å²) in [5.74, 6) is 0.943. The third-order valence-electron chi connectivity index (χ3n) is 4.04. The normalized spacial score (nSPS) is 37.2. The van der Waals surface area contributed by atoms with Gasteiger partial charge in [0, 0.05) is 18.1 Å². The summed E-state index contributed by atoms with van der Waals surface area (Å²) in [6.07, 6.45) is 7.18. The highest BCUT2D eigenvalue weighted by atomic mass is 16.3. The second-order valence-electron chi connectivity index (χ2n) is 5.65. The number of nitrogens with zero attached hydrogens (tertiary/aromatic N) is 1. The minimum Gasteiger partial charge on any atom is -0.394 e. The van der Waals surface area contributed by atoms with Gasteiger partial charge in [0.15, 0.2) is 0 Å². The maximum Gasteiger partial charge on any atom is 0.0611 e. The molecule has 0 aromatic rings. The molecule has 2 rings (SSSR count). The molecule has 0 bridgehead atoms. The zero-order chi connectivity index (χ0) is 10.9. The number of aliphatic hydroxyl groups is 1. The molecule has 2 unspecified atom stereocenters. The van der Waals surface area contributed by atoms with E-state index >= 15 is 0 Å². The molecule has 2 aliphatic rings. The third kappa shape index (κ3) is 2.92. The van der Waals surface area contributed by atoms with E-state index < -0.39 is 0 Å². The molecule has 2 saturated carbocycles. The zero-order valence-electron chi connectivity index (χ0n) is 9.78. The summed E-state index contributed by atoms with van der Waals surface area (Å²) in [4.78, 5) is 2.47. The Morgan fingerprint density at radius 3 is 2.73 bits per heavy atom. The molecular formula is C12H24N2O. The first kappa shape index (κ1) is 11.4. The van der Waals surface area contributed by atoms with Crippen molar-refractivity contribution in [3.05, 3.63) is 0 Å². The van der Waals surface area contributed by atoms with Crippen LogP contribution in [-0.4, -0.2) is 41.8 Å². The van der Waals surface area contributed by atoms with Gasteiger partial charge in [0.1, 0.15) is 0 Å². The van der Waals surface area contributed by atoms with Crippen LogP contribution >= 0.6 is 0 Å². The predicted octanol–water partition coefficient (Wildman–Crippen LogP) is 0.961. The van der Waals surface area contributed by atoms with Crippen LogP contribution in [0.2, 0.25) is 0 Å². The summed E-state index contributed by atoms with van der Waals surface area (Å²) in [5, 5.41) is 9.30. The monoisotopic (exact) mass is 212 g/mol. The average molecular weight is 212 g/mol. The number of nitrogens with two attached hydrogens (primary N) is 1. The first-order valence-electron chi connectivity index (χ1n) is 6.23. The van der Waals surface area contributed by atoms with Gasteiger partial charge in [-0.3, -0.25) is 0 Å². The van der Waals surface area contributed by atoms with Crippen molar-refractivity contribution in [2.75, 3.05) is 20.2 Å². The molecule has 3 heteroatoms. The van der Waals surface area contributed by atoms with E-state index in [1.807, 2.05) is 0 Å². The van der Waals surface area contributed by atoms with Crippen molar-refractivity contribution in [2.24, 2.45) is 11.7 Å². The number of hydrogen-bond acceptors (Lipinski definition) is 3. The molecular weight excluding hydrogens is 188 g/mol. The summed E-state index contributed by atoms with van der Waals surface area (Å²) >= 11 is 0. The summed E-state index contributed by atoms with van der Waals surface area (Å²) in [7, 11) is 2.21. The van der Waals surface area contributed by atoms with Crippen LogP contribution in [0.25, 0.3) is 0 Å². The Balaban J connectivity index is 1.85. The second-order valence-corrected chi connectivity index (χ2v) is 5.65. The molecule has 2 fully saturated rings. The fourth-order valence-electron chi connectivity index (χ4n) is 2.74. The van der Waals surface area contributed by atoms with Crippen molar-refractivity contribution >= 4 is 0 Å². The second kappa shape index (κ2) is 4.40. The SMILES string of the molecule is CN(CC1CC1)C1CCCC(N)(CO)C1. The largest absolute Gasteiger partial charge is 0.394 e. The van der Waals surface area contributed by atoms with Crippen molar-refractivity contribution in [3.8, 4) is 0 Å². The van der Waals surface area contributed by atoms with Crippen molar-refractivity contribution in [3.63, 3.8) is 0 Å². The van der Waals surface area contributed by atoms with E-state index in [2.05, 4.69) is 11.9 Å². The van der Waals surface area contributed by atoms with Gasteiger partial charge in [-0.1, -0.05) is 0 Å². The molecule has 0 heterocycles. The van der Waals surface area contributed by atoms with Crippen LogP contribution in [0.15, 0.2) is 0 Å². The van der Waals surface area contributed by atoms with E-state index in [9.17, 15) is 5.11 Å². The summed E-state index contributed by atoms with van der Waals surface area (Å²) in [5.41, 5.74) is 5.85. The van der Waals surface area contributed by atoms with Crippen molar-refractivity contribution in [1.29, 1.82) is 0 Å². The number of hydrogen-bond donors (Lipinski definition) is 2.